The molecule has 5 heteroatoms. The molecule has 2 atom stereocenters. The molecule has 64 valence electrons. The first kappa shape index (κ1) is 10.0. The van der Waals surface area contributed by atoms with Crippen molar-refractivity contribution in [2.75, 3.05) is 0 Å². The van der Waals surface area contributed by atoms with Gasteiger partial charge in [0.1, 0.15) is 0 Å². The molecule has 0 heterocycles. The van der Waals surface area contributed by atoms with Gasteiger partial charge in [-0.2, -0.15) is 0 Å². The Morgan fingerprint density at radius 1 is 1.64 bits per heavy atom. The van der Waals surface area contributed by atoms with Crippen LogP contribution in [0.4, 0.5) is 0 Å². The minimum atomic E-state index is -0.917. The summed E-state index contributed by atoms with van der Waals surface area (Å²) in [6, 6.07) is -0.917. The molecule has 0 radical (unpaired) electrons. The maximum atomic E-state index is 10.8. The Morgan fingerprint density at radius 3 is 2.36 bits per heavy atom. The third-order valence-electron chi connectivity index (χ3n) is 1.94. The van der Waals surface area contributed by atoms with Gasteiger partial charge in [0.2, 0.25) is 5.78 Å². The summed E-state index contributed by atoms with van der Waals surface area (Å²) >= 11 is 0. The second-order valence-corrected chi connectivity index (χ2v) is 2.71. The summed E-state index contributed by atoms with van der Waals surface area (Å²) in [7, 11) is 0. The van der Waals surface area contributed by atoms with E-state index in [2.05, 4.69) is 0 Å². The monoisotopic (exact) mass is 160 g/mol. The Kier molecular flexibility index (Phi) is 3.13. The summed E-state index contributed by atoms with van der Waals surface area (Å²) in [6.07, 6.45) is 1.05. The summed E-state index contributed by atoms with van der Waals surface area (Å²) in [5.74, 6) is -0.278. The molecule has 0 aromatic carbocycles. The molecular weight excluding hydrogens is 148 g/mol. The Hall–Kier alpha value is -0.970. The Morgan fingerprint density at radius 2 is 2.18 bits per heavy atom. The molecule has 0 bridgehead atoms. The van der Waals surface area contributed by atoms with E-state index >= 15 is 0 Å². The van der Waals surface area contributed by atoms with E-state index < -0.39 is 11.0 Å². The summed E-state index contributed by atoms with van der Waals surface area (Å²) in [5.41, 5.74) is 0. The number of Topliss-reactive ketones (excluding diaryl/α,β-unsaturated/α-hetero) is 1. The van der Waals surface area contributed by atoms with Crippen molar-refractivity contribution >= 4 is 5.78 Å². The van der Waals surface area contributed by atoms with E-state index in [0.29, 0.717) is 12.8 Å². The van der Waals surface area contributed by atoms with Crippen LogP contribution in [0.3, 0.4) is 0 Å². The van der Waals surface area contributed by atoms with Gasteiger partial charge >= 0.3 is 0 Å². The molecule has 5 nitrogen and oxygen atoms in total. The van der Waals surface area contributed by atoms with Crippen molar-refractivity contribution in [1.29, 1.82) is 0 Å². The number of nitro groups is 1. The van der Waals surface area contributed by atoms with Gasteiger partial charge in [-0.15, -0.1) is 0 Å². The van der Waals surface area contributed by atoms with Gasteiger partial charge in [0.05, 0.1) is 0 Å². The van der Waals surface area contributed by atoms with Crippen LogP contribution in [0.2, 0.25) is 0 Å². The molecule has 1 fully saturated rings. The number of carbonyl (C=O) groups excluding carboxylic acids is 1. The van der Waals surface area contributed by atoms with E-state index in [1.807, 2.05) is 0 Å². The second kappa shape index (κ2) is 3.43. The van der Waals surface area contributed by atoms with Crippen molar-refractivity contribution < 1.29 is 9.72 Å². The van der Waals surface area contributed by atoms with Gasteiger partial charge in [-0.25, -0.2) is 0 Å². The van der Waals surface area contributed by atoms with Gasteiger partial charge in [0, 0.05) is 17.3 Å². The zero-order valence-corrected chi connectivity index (χ0v) is 6.45. The van der Waals surface area contributed by atoms with E-state index in [4.69, 9.17) is 0 Å². The van der Waals surface area contributed by atoms with Gasteiger partial charge in [-0.1, -0.05) is 6.92 Å². The van der Waals surface area contributed by atoms with Crippen LogP contribution in [0.15, 0.2) is 0 Å². The predicted molar refractivity (Wildman–Crippen MR) is 39.2 cm³/mol. The average Bonchev–Trinajstić information content (AvgIpc) is 2.11. The highest BCUT2D eigenvalue weighted by Crippen LogP contribution is 2.23. The van der Waals surface area contributed by atoms with E-state index in [1.54, 1.807) is 6.92 Å². The first-order valence-electron chi connectivity index (χ1n) is 3.29. The molecule has 1 saturated carbocycles. The Labute approximate surface area is 64.5 Å². The zero-order valence-electron chi connectivity index (χ0n) is 6.45. The molecule has 0 aromatic rings. The topological polar surface area (TPSA) is 95.2 Å². The van der Waals surface area contributed by atoms with Gasteiger partial charge in [0.15, 0.2) is 0 Å². The van der Waals surface area contributed by atoms with Gasteiger partial charge in [-0.3, -0.25) is 14.9 Å². The predicted octanol–water partition coefficient (Wildman–Crippen LogP) is 0.793. The minimum Gasteiger partial charge on any atom is -0.344 e. The maximum absolute atomic E-state index is 10.8. The van der Waals surface area contributed by atoms with Crippen LogP contribution in [-0.2, 0) is 4.79 Å². The fraction of sp³-hybridized carbons (Fsp3) is 0.833. The standard InChI is InChI=1S/C6H9NO3.H3N/c1-4-2-3-5(8)6(4)7(9)10;/h4,6H,2-3H2,1H3;1H3. The van der Waals surface area contributed by atoms with Crippen LogP contribution < -0.4 is 6.15 Å². The maximum Gasteiger partial charge on any atom is 0.272 e. The smallest absolute Gasteiger partial charge is 0.272 e. The molecule has 0 spiro atoms. The van der Waals surface area contributed by atoms with Crippen molar-refractivity contribution in [3.63, 3.8) is 0 Å². The molecule has 2 unspecified atom stereocenters. The number of hydrogen-bond acceptors (Lipinski definition) is 4. The lowest BCUT2D eigenvalue weighted by Gasteiger charge is -2.03. The summed E-state index contributed by atoms with van der Waals surface area (Å²) in [4.78, 5) is 20.5. The number of ketones is 1. The van der Waals surface area contributed by atoms with Crippen LogP contribution in [-0.4, -0.2) is 16.7 Å². The molecule has 0 amide bonds. The van der Waals surface area contributed by atoms with Crippen molar-refractivity contribution in [3.05, 3.63) is 10.1 Å². The SMILES string of the molecule is CC1CCC(=O)C1[N+](=O)[O-].N. The fourth-order valence-electron chi connectivity index (χ4n) is 1.32. The van der Waals surface area contributed by atoms with Crippen LogP contribution >= 0.6 is 0 Å². The van der Waals surface area contributed by atoms with E-state index in [0.717, 1.165) is 0 Å². The number of nitrogens with zero attached hydrogens (tertiary/aromatic N) is 1. The lowest BCUT2D eigenvalue weighted by Crippen LogP contribution is -2.28. The molecule has 1 aliphatic rings. The molecule has 3 N–H and O–H groups in total. The van der Waals surface area contributed by atoms with Gasteiger partial charge in [0.25, 0.3) is 6.04 Å². The highest BCUT2D eigenvalue weighted by atomic mass is 16.6. The fourth-order valence-corrected chi connectivity index (χ4v) is 1.32. The summed E-state index contributed by atoms with van der Waals surface area (Å²) in [5, 5.41) is 10.2. The first-order valence-corrected chi connectivity index (χ1v) is 3.29. The second-order valence-electron chi connectivity index (χ2n) is 2.71. The highest BCUT2D eigenvalue weighted by molar-refractivity contribution is 5.85. The zero-order chi connectivity index (χ0) is 7.72. The highest BCUT2D eigenvalue weighted by Gasteiger charge is 2.40. The van der Waals surface area contributed by atoms with Crippen molar-refractivity contribution in [2.24, 2.45) is 5.92 Å². The van der Waals surface area contributed by atoms with E-state index in [-0.39, 0.29) is 17.9 Å². The summed E-state index contributed by atoms with van der Waals surface area (Å²) < 4.78 is 0. The summed E-state index contributed by atoms with van der Waals surface area (Å²) in [6.45, 7) is 1.75. The minimum absolute atomic E-state index is 0. The van der Waals surface area contributed by atoms with E-state index in [1.165, 1.54) is 0 Å². The third-order valence-corrected chi connectivity index (χ3v) is 1.94. The van der Waals surface area contributed by atoms with Crippen LogP contribution in [0, 0.1) is 16.0 Å². The first-order chi connectivity index (χ1) is 4.63. The molecular formula is C6H12N2O3. The molecule has 0 aromatic heterocycles. The van der Waals surface area contributed by atoms with Crippen molar-refractivity contribution in [3.8, 4) is 0 Å². The largest absolute Gasteiger partial charge is 0.344 e. The molecule has 0 saturated heterocycles. The number of rotatable bonds is 1. The van der Waals surface area contributed by atoms with E-state index in [9.17, 15) is 14.9 Å². The molecule has 1 rings (SSSR count). The van der Waals surface area contributed by atoms with Crippen molar-refractivity contribution in [2.45, 2.75) is 25.8 Å². The molecule has 0 aliphatic heterocycles. The van der Waals surface area contributed by atoms with Gasteiger partial charge < -0.3 is 6.15 Å². The quantitative estimate of drug-likeness (QED) is 0.453. The normalized spacial score (nSPS) is 29.7. The third kappa shape index (κ3) is 1.74. The average molecular weight is 160 g/mol. The lowest BCUT2D eigenvalue weighted by molar-refractivity contribution is -0.513. The van der Waals surface area contributed by atoms with Crippen LogP contribution in [0.25, 0.3) is 0 Å². The van der Waals surface area contributed by atoms with Gasteiger partial charge in [-0.05, 0) is 6.42 Å². The Balaban J connectivity index is 0.000001000. The number of hydrogen-bond donors (Lipinski definition) is 1. The Bertz CT molecular complexity index is 181. The van der Waals surface area contributed by atoms with Crippen LogP contribution in [0.1, 0.15) is 19.8 Å². The molecule has 1 aliphatic carbocycles. The molecule has 11 heavy (non-hydrogen) atoms. The van der Waals surface area contributed by atoms with Crippen LogP contribution in [0.5, 0.6) is 0 Å². The van der Waals surface area contributed by atoms with Crippen molar-refractivity contribution in [1.82, 2.24) is 6.15 Å². The lowest BCUT2D eigenvalue weighted by atomic mass is 10.1. The number of carbonyl (C=O) groups is 1.